The Morgan fingerprint density at radius 2 is 2.04 bits per heavy atom. The van der Waals surface area contributed by atoms with E-state index in [1.54, 1.807) is 10.9 Å². The molecule has 2 heterocycles. The average molecular weight is 402 g/mol. The Morgan fingerprint density at radius 1 is 1.24 bits per heavy atom. The summed E-state index contributed by atoms with van der Waals surface area (Å²) in [4.78, 5) is 12.1. The van der Waals surface area contributed by atoms with Crippen molar-refractivity contribution in [1.82, 2.24) is 19.6 Å². The average Bonchev–Trinajstić information content (AvgIpc) is 3.15. The fourth-order valence-corrected chi connectivity index (χ4v) is 2.84. The number of carbonyl (C=O) groups excluding carboxylic acids is 1. The molecule has 0 fully saturated rings. The summed E-state index contributed by atoms with van der Waals surface area (Å²) >= 11 is 3.42. The molecule has 0 unspecified atom stereocenters. The second-order valence-electron chi connectivity index (χ2n) is 5.92. The first kappa shape index (κ1) is 17.4. The summed E-state index contributed by atoms with van der Waals surface area (Å²) in [5.41, 5.74) is 3.45. The third-order valence-corrected chi connectivity index (χ3v) is 4.87. The number of aromatic nitrogens is 4. The fraction of sp³-hybridized carbons (Fsp3) is 0.278. The van der Waals surface area contributed by atoms with Crippen molar-refractivity contribution >= 4 is 27.7 Å². The molecule has 25 heavy (non-hydrogen) atoms. The van der Waals surface area contributed by atoms with Gasteiger partial charge >= 0.3 is 0 Å². The minimum Gasteiger partial charge on any atom is -0.309 e. The molecule has 1 amide bonds. The van der Waals surface area contributed by atoms with Gasteiger partial charge in [0.2, 0.25) is 5.91 Å². The van der Waals surface area contributed by atoms with Crippen molar-refractivity contribution in [3.05, 3.63) is 64.0 Å². The Balaban J connectivity index is 1.55. The Kier molecular flexibility index (Phi) is 5.33. The summed E-state index contributed by atoms with van der Waals surface area (Å²) in [6.07, 6.45) is 3.96. The largest absolute Gasteiger partial charge is 0.309 e. The molecule has 0 radical (unpaired) electrons. The summed E-state index contributed by atoms with van der Waals surface area (Å²) in [6.45, 7) is 5.26. The Bertz CT molecular complexity index is 883. The zero-order valence-corrected chi connectivity index (χ0v) is 15.8. The van der Waals surface area contributed by atoms with Crippen LogP contribution in [0.2, 0.25) is 0 Å². The molecule has 3 rings (SSSR count). The maximum atomic E-state index is 12.1. The standard InChI is InChI=1S/C18H20BrN5O/c1-13-5-3-4-6-15(13)12-23-9-7-17(22-23)21-18(25)8-10-24-14(2)16(19)11-20-24/h3-7,9,11H,8,10,12H2,1-2H3,(H,21,22,25). The molecule has 0 aliphatic heterocycles. The van der Waals surface area contributed by atoms with Gasteiger partial charge in [0.25, 0.3) is 0 Å². The highest BCUT2D eigenvalue weighted by atomic mass is 79.9. The van der Waals surface area contributed by atoms with Gasteiger partial charge in [-0.15, -0.1) is 0 Å². The van der Waals surface area contributed by atoms with Crippen LogP contribution < -0.4 is 5.32 Å². The number of aryl methyl sites for hydroxylation is 2. The zero-order valence-electron chi connectivity index (χ0n) is 14.2. The van der Waals surface area contributed by atoms with Crippen molar-refractivity contribution in [2.45, 2.75) is 33.4 Å². The predicted octanol–water partition coefficient (Wildman–Crippen LogP) is 3.54. The van der Waals surface area contributed by atoms with Crippen LogP contribution in [0, 0.1) is 13.8 Å². The monoisotopic (exact) mass is 401 g/mol. The van der Waals surface area contributed by atoms with E-state index in [1.165, 1.54) is 11.1 Å². The number of halogens is 1. The van der Waals surface area contributed by atoms with E-state index in [-0.39, 0.29) is 5.91 Å². The maximum absolute atomic E-state index is 12.1. The highest BCUT2D eigenvalue weighted by Crippen LogP contribution is 2.15. The quantitative estimate of drug-likeness (QED) is 0.686. The number of nitrogens with one attached hydrogen (secondary N) is 1. The minimum absolute atomic E-state index is 0.0767. The SMILES string of the molecule is Cc1ccccc1Cn1ccc(NC(=O)CCn2ncc(Br)c2C)n1. The number of anilines is 1. The lowest BCUT2D eigenvalue weighted by Gasteiger charge is -2.06. The summed E-state index contributed by atoms with van der Waals surface area (Å²) in [5.74, 6) is 0.490. The van der Waals surface area contributed by atoms with Crippen LogP contribution in [0.4, 0.5) is 5.82 Å². The lowest BCUT2D eigenvalue weighted by Crippen LogP contribution is -2.16. The first-order valence-electron chi connectivity index (χ1n) is 8.08. The number of nitrogens with zero attached hydrogens (tertiary/aromatic N) is 4. The Morgan fingerprint density at radius 3 is 2.76 bits per heavy atom. The molecule has 6 nitrogen and oxygen atoms in total. The van der Waals surface area contributed by atoms with Crippen molar-refractivity contribution in [1.29, 1.82) is 0 Å². The molecule has 0 spiro atoms. The van der Waals surface area contributed by atoms with Crippen LogP contribution in [-0.4, -0.2) is 25.5 Å². The van der Waals surface area contributed by atoms with Gasteiger partial charge in [0, 0.05) is 24.4 Å². The number of rotatable bonds is 6. The fourth-order valence-electron chi connectivity index (χ4n) is 2.54. The molecule has 1 aromatic carbocycles. The van der Waals surface area contributed by atoms with Gasteiger partial charge in [-0.05, 0) is 40.9 Å². The summed E-state index contributed by atoms with van der Waals surface area (Å²) < 4.78 is 4.58. The van der Waals surface area contributed by atoms with E-state index in [9.17, 15) is 4.79 Å². The van der Waals surface area contributed by atoms with E-state index < -0.39 is 0 Å². The van der Waals surface area contributed by atoms with E-state index in [2.05, 4.69) is 50.5 Å². The van der Waals surface area contributed by atoms with Gasteiger partial charge in [-0.3, -0.25) is 14.2 Å². The molecule has 0 saturated carbocycles. The molecule has 0 bridgehead atoms. The van der Waals surface area contributed by atoms with Crippen LogP contribution in [-0.2, 0) is 17.9 Å². The van der Waals surface area contributed by atoms with E-state index >= 15 is 0 Å². The number of benzene rings is 1. The van der Waals surface area contributed by atoms with Gasteiger partial charge in [-0.1, -0.05) is 24.3 Å². The zero-order chi connectivity index (χ0) is 17.8. The van der Waals surface area contributed by atoms with Crippen LogP contribution in [0.25, 0.3) is 0 Å². The molecule has 7 heteroatoms. The molecule has 0 aliphatic carbocycles. The van der Waals surface area contributed by atoms with Crippen LogP contribution >= 0.6 is 15.9 Å². The minimum atomic E-state index is -0.0767. The molecular weight excluding hydrogens is 382 g/mol. The molecule has 3 aromatic rings. The first-order chi connectivity index (χ1) is 12.0. The van der Waals surface area contributed by atoms with Gasteiger partial charge < -0.3 is 5.32 Å². The van der Waals surface area contributed by atoms with Crippen LogP contribution in [0.15, 0.2) is 47.2 Å². The highest BCUT2D eigenvalue weighted by Gasteiger charge is 2.09. The van der Waals surface area contributed by atoms with E-state index in [1.807, 2.05) is 36.0 Å². The second-order valence-corrected chi connectivity index (χ2v) is 6.78. The van der Waals surface area contributed by atoms with Gasteiger partial charge in [0.15, 0.2) is 5.82 Å². The van der Waals surface area contributed by atoms with Crippen LogP contribution in [0.1, 0.15) is 23.2 Å². The lowest BCUT2D eigenvalue weighted by molar-refractivity contribution is -0.116. The van der Waals surface area contributed by atoms with Gasteiger partial charge in [0.1, 0.15) is 0 Å². The first-order valence-corrected chi connectivity index (χ1v) is 8.88. The van der Waals surface area contributed by atoms with E-state index in [0.29, 0.717) is 25.3 Å². The van der Waals surface area contributed by atoms with Gasteiger partial charge in [-0.2, -0.15) is 10.2 Å². The Labute approximate surface area is 155 Å². The van der Waals surface area contributed by atoms with Crippen molar-refractivity contribution in [3.63, 3.8) is 0 Å². The van der Waals surface area contributed by atoms with Crippen LogP contribution in [0.5, 0.6) is 0 Å². The molecule has 0 saturated heterocycles. The van der Waals surface area contributed by atoms with Gasteiger partial charge in [0.05, 0.1) is 23.8 Å². The third kappa shape index (κ3) is 4.36. The summed E-state index contributed by atoms with van der Waals surface area (Å²) in [6, 6.07) is 10.0. The molecule has 2 aromatic heterocycles. The highest BCUT2D eigenvalue weighted by molar-refractivity contribution is 9.10. The van der Waals surface area contributed by atoms with Crippen LogP contribution in [0.3, 0.4) is 0 Å². The third-order valence-electron chi connectivity index (χ3n) is 4.10. The van der Waals surface area contributed by atoms with Gasteiger partial charge in [-0.25, -0.2) is 0 Å². The summed E-state index contributed by atoms with van der Waals surface area (Å²) in [7, 11) is 0. The number of amides is 1. The maximum Gasteiger partial charge on any atom is 0.227 e. The predicted molar refractivity (Wildman–Crippen MR) is 100 cm³/mol. The number of hydrogen-bond acceptors (Lipinski definition) is 3. The van der Waals surface area contributed by atoms with Crippen molar-refractivity contribution in [2.24, 2.45) is 0 Å². The molecule has 0 atom stereocenters. The Hall–Kier alpha value is -2.41. The van der Waals surface area contributed by atoms with E-state index in [4.69, 9.17) is 0 Å². The summed E-state index contributed by atoms with van der Waals surface area (Å²) in [5, 5.41) is 11.5. The molecular formula is C18H20BrN5O. The van der Waals surface area contributed by atoms with E-state index in [0.717, 1.165) is 10.2 Å². The normalized spacial score (nSPS) is 10.8. The van der Waals surface area contributed by atoms with Crippen molar-refractivity contribution in [2.75, 3.05) is 5.32 Å². The number of carbonyl (C=O) groups is 1. The number of hydrogen-bond donors (Lipinski definition) is 1. The molecule has 0 aliphatic rings. The smallest absolute Gasteiger partial charge is 0.227 e. The topological polar surface area (TPSA) is 64.7 Å². The lowest BCUT2D eigenvalue weighted by atomic mass is 10.1. The second kappa shape index (κ2) is 7.65. The molecule has 130 valence electrons. The van der Waals surface area contributed by atoms with Crippen molar-refractivity contribution < 1.29 is 4.79 Å². The van der Waals surface area contributed by atoms with Crippen molar-refractivity contribution in [3.8, 4) is 0 Å². The molecule has 1 N–H and O–H groups in total.